The second-order valence-electron chi connectivity index (χ2n) is 8.36. The summed E-state index contributed by atoms with van der Waals surface area (Å²) in [5.41, 5.74) is 1.99. The predicted octanol–water partition coefficient (Wildman–Crippen LogP) is 2.68. The predicted molar refractivity (Wildman–Crippen MR) is 138 cm³/mol. The van der Waals surface area contributed by atoms with Gasteiger partial charge < -0.3 is 15.5 Å². The molecule has 0 aliphatic carbocycles. The maximum Gasteiger partial charge on any atom is 0.239 e. The van der Waals surface area contributed by atoms with Gasteiger partial charge in [0.1, 0.15) is 0 Å². The summed E-state index contributed by atoms with van der Waals surface area (Å²) in [6.45, 7) is 5.82. The molecule has 3 fully saturated rings. The highest BCUT2D eigenvalue weighted by Gasteiger charge is 2.34. The maximum atomic E-state index is 12.7. The number of rotatable bonds is 5. The van der Waals surface area contributed by atoms with Crippen molar-refractivity contribution in [3.05, 3.63) is 35.4 Å². The van der Waals surface area contributed by atoms with Crippen LogP contribution in [0.15, 0.2) is 24.3 Å². The van der Waals surface area contributed by atoms with Gasteiger partial charge in [0, 0.05) is 49.8 Å². The Balaban J connectivity index is 0.00000171. The summed E-state index contributed by atoms with van der Waals surface area (Å²) in [6.07, 6.45) is 3.21. The SMILES string of the molecule is Cl.Cl.Cl.N#Cc1ccc(CN2CCC(N[C@@H]3CN[C@H](C(=O)N4CCSCC4)C3)CC2)cc1. The van der Waals surface area contributed by atoms with E-state index in [1.54, 1.807) is 0 Å². The van der Waals surface area contributed by atoms with Gasteiger partial charge in [0.15, 0.2) is 0 Å². The van der Waals surface area contributed by atoms with Gasteiger partial charge in [-0.2, -0.15) is 17.0 Å². The number of thioether (sulfide) groups is 1. The van der Waals surface area contributed by atoms with E-state index in [1.807, 2.05) is 28.8 Å². The molecule has 0 spiro atoms. The molecule has 0 bridgehead atoms. The smallest absolute Gasteiger partial charge is 0.239 e. The minimum absolute atomic E-state index is 0. The summed E-state index contributed by atoms with van der Waals surface area (Å²) in [6, 6.07) is 11.0. The van der Waals surface area contributed by atoms with Crippen molar-refractivity contribution in [2.75, 3.05) is 44.2 Å². The number of nitriles is 1. The average molecular weight is 523 g/mol. The van der Waals surface area contributed by atoms with E-state index in [1.165, 1.54) is 5.56 Å². The molecule has 0 radical (unpaired) electrons. The normalized spacial score (nSPS) is 23.9. The van der Waals surface area contributed by atoms with Crippen molar-refractivity contribution >= 4 is 54.9 Å². The lowest BCUT2D eigenvalue weighted by atomic mass is 10.0. The van der Waals surface area contributed by atoms with Crippen LogP contribution in [0.4, 0.5) is 0 Å². The van der Waals surface area contributed by atoms with Gasteiger partial charge in [-0.25, -0.2) is 0 Å². The molecular formula is C22H34Cl3N5OS. The number of piperidine rings is 1. The van der Waals surface area contributed by atoms with Crippen molar-refractivity contribution in [1.29, 1.82) is 5.26 Å². The first-order valence-corrected chi connectivity index (χ1v) is 11.9. The summed E-state index contributed by atoms with van der Waals surface area (Å²) in [5, 5.41) is 16.2. The van der Waals surface area contributed by atoms with E-state index in [4.69, 9.17) is 5.26 Å². The van der Waals surface area contributed by atoms with Crippen molar-refractivity contribution < 1.29 is 4.79 Å². The summed E-state index contributed by atoms with van der Waals surface area (Å²) >= 11 is 1.94. The number of likely N-dealkylation sites (tertiary alicyclic amines) is 1. The van der Waals surface area contributed by atoms with Gasteiger partial charge in [0.2, 0.25) is 5.91 Å². The van der Waals surface area contributed by atoms with Gasteiger partial charge in [-0.15, -0.1) is 37.2 Å². The molecule has 3 heterocycles. The van der Waals surface area contributed by atoms with E-state index < -0.39 is 0 Å². The zero-order chi connectivity index (χ0) is 20.1. The lowest BCUT2D eigenvalue weighted by Gasteiger charge is -2.34. The number of carbonyl (C=O) groups excluding carboxylic acids is 1. The Morgan fingerprint density at radius 3 is 2.34 bits per heavy atom. The fourth-order valence-electron chi connectivity index (χ4n) is 4.59. The second-order valence-corrected chi connectivity index (χ2v) is 9.58. The molecule has 3 aliphatic rings. The van der Waals surface area contributed by atoms with Crippen LogP contribution in [0.1, 0.15) is 30.4 Å². The van der Waals surface area contributed by atoms with Crippen LogP contribution in [0.3, 0.4) is 0 Å². The third kappa shape index (κ3) is 7.95. The standard InChI is InChI=1S/C22H31N5OS.3ClH/c23-14-17-1-3-18(4-2-17)16-26-7-5-19(6-8-26)25-20-13-21(24-15-20)22(28)27-9-11-29-12-10-27;;;/h1-4,19-21,24-25H,5-13,15-16H2;3*1H/t20-,21-;;;/m0.../s1. The molecule has 4 rings (SSSR count). The van der Waals surface area contributed by atoms with Crippen molar-refractivity contribution in [2.45, 2.75) is 43.9 Å². The Kier molecular flexibility index (Phi) is 13.3. The molecule has 2 atom stereocenters. The maximum absolute atomic E-state index is 12.7. The minimum atomic E-state index is -0.00734. The van der Waals surface area contributed by atoms with E-state index >= 15 is 0 Å². The molecular weight excluding hydrogens is 489 g/mol. The van der Waals surface area contributed by atoms with Crippen LogP contribution < -0.4 is 10.6 Å². The number of nitrogens with zero attached hydrogens (tertiary/aromatic N) is 3. The molecule has 0 unspecified atom stereocenters. The van der Waals surface area contributed by atoms with Crippen LogP contribution in [0.5, 0.6) is 0 Å². The molecule has 180 valence electrons. The first-order valence-electron chi connectivity index (χ1n) is 10.8. The third-order valence-electron chi connectivity index (χ3n) is 6.30. The van der Waals surface area contributed by atoms with Crippen LogP contribution in [0.25, 0.3) is 0 Å². The summed E-state index contributed by atoms with van der Waals surface area (Å²) in [7, 11) is 0. The van der Waals surface area contributed by atoms with Crippen LogP contribution in [-0.4, -0.2) is 78.1 Å². The van der Waals surface area contributed by atoms with E-state index in [0.29, 0.717) is 18.0 Å². The van der Waals surface area contributed by atoms with E-state index in [0.717, 1.165) is 75.6 Å². The zero-order valence-electron chi connectivity index (χ0n) is 18.2. The molecule has 0 saturated carbocycles. The largest absolute Gasteiger partial charge is 0.340 e. The van der Waals surface area contributed by atoms with Gasteiger partial charge in [-0.05, 0) is 50.0 Å². The van der Waals surface area contributed by atoms with Crippen LogP contribution in [-0.2, 0) is 11.3 Å². The number of benzene rings is 1. The van der Waals surface area contributed by atoms with E-state index in [2.05, 4.69) is 33.7 Å². The number of halogens is 3. The van der Waals surface area contributed by atoms with Gasteiger partial charge in [-0.1, -0.05) is 12.1 Å². The van der Waals surface area contributed by atoms with Gasteiger partial charge >= 0.3 is 0 Å². The molecule has 6 nitrogen and oxygen atoms in total. The van der Waals surface area contributed by atoms with Gasteiger partial charge in [0.25, 0.3) is 0 Å². The number of amides is 1. The Morgan fingerprint density at radius 2 is 1.72 bits per heavy atom. The second kappa shape index (κ2) is 14.5. The quantitative estimate of drug-likeness (QED) is 0.620. The number of nitrogens with one attached hydrogen (secondary N) is 2. The Morgan fingerprint density at radius 1 is 1.06 bits per heavy atom. The first kappa shape index (κ1) is 29.3. The first-order chi connectivity index (χ1) is 14.2. The summed E-state index contributed by atoms with van der Waals surface area (Å²) in [5.74, 6) is 2.44. The highest BCUT2D eigenvalue weighted by Crippen LogP contribution is 2.18. The Labute approximate surface area is 214 Å². The number of carbonyl (C=O) groups is 1. The third-order valence-corrected chi connectivity index (χ3v) is 7.24. The van der Waals surface area contributed by atoms with Crippen molar-refractivity contribution in [2.24, 2.45) is 0 Å². The summed E-state index contributed by atoms with van der Waals surface area (Å²) in [4.78, 5) is 17.2. The van der Waals surface area contributed by atoms with Crippen molar-refractivity contribution in [1.82, 2.24) is 20.4 Å². The van der Waals surface area contributed by atoms with E-state index in [9.17, 15) is 4.79 Å². The highest BCUT2D eigenvalue weighted by atomic mass is 35.5. The fourth-order valence-corrected chi connectivity index (χ4v) is 5.49. The molecule has 10 heteroatoms. The Hall–Kier alpha value is -0.720. The topological polar surface area (TPSA) is 71.4 Å². The summed E-state index contributed by atoms with van der Waals surface area (Å²) < 4.78 is 0. The van der Waals surface area contributed by atoms with E-state index in [-0.39, 0.29) is 43.3 Å². The highest BCUT2D eigenvalue weighted by molar-refractivity contribution is 7.99. The number of hydrogen-bond acceptors (Lipinski definition) is 6. The zero-order valence-corrected chi connectivity index (χ0v) is 21.5. The fraction of sp³-hybridized carbons (Fsp3) is 0.636. The number of hydrogen-bond donors (Lipinski definition) is 2. The Bertz CT molecular complexity index is 734. The van der Waals surface area contributed by atoms with Crippen molar-refractivity contribution in [3.8, 4) is 6.07 Å². The average Bonchev–Trinajstić information content (AvgIpc) is 3.24. The molecule has 1 aromatic rings. The molecule has 1 aromatic carbocycles. The van der Waals surface area contributed by atoms with Gasteiger partial charge in [-0.3, -0.25) is 9.69 Å². The van der Waals surface area contributed by atoms with Crippen molar-refractivity contribution in [3.63, 3.8) is 0 Å². The molecule has 3 saturated heterocycles. The lowest BCUT2D eigenvalue weighted by molar-refractivity contribution is -0.132. The van der Waals surface area contributed by atoms with Crippen LogP contribution in [0.2, 0.25) is 0 Å². The molecule has 32 heavy (non-hydrogen) atoms. The molecule has 3 aliphatic heterocycles. The lowest BCUT2D eigenvalue weighted by Crippen LogP contribution is -2.47. The van der Waals surface area contributed by atoms with Gasteiger partial charge in [0.05, 0.1) is 17.7 Å². The van der Waals surface area contributed by atoms with Crippen LogP contribution >= 0.6 is 49.0 Å². The van der Waals surface area contributed by atoms with Crippen LogP contribution in [0, 0.1) is 11.3 Å². The molecule has 0 aromatic heterocycles. The minimum Gasteiger partial charge on any atom is -0.340 e. The molecule has 2 N–H and O–H groups in total. The monoisotopic (exact) mass is 521 g/mol. The molecule has 1 amide bonds.